The van der Waals surface area contributed by atoms with Crippen LogP contribution in [-0.2, 0) is 6.54 Å². The van der Waals surface area contributed by atoms with E-state index in [0.29, 0.717) is 16.7 Å². The predicted molar refractivity (Wildman–Crippen MR) is 72.4 cm³/mol. The van der Waals surface area contributed by atoms with Gasteiger partial charge in [-0.2, -0.15) is 0 Å². The molecule has 2 rings (SSSR count). The van der Waals surface area contributed by atoms with Crippen LogP contribution < -0.4 is 5.32 Å². The summed E-state index contributed by atoms with van der Waals surface area (Å²) in [6.45, 7) is 0.448. The minimum atomic E-state index is -0.411. The van der Waals surface area contributed by atoms with E-state index in [1.54, 1.807) is 18.3 Å². The summed E-state index contributed by atoms with van der Waals surface area (Å²) in [5, 5.41) is 13.9. The van der Waals surface area contributed by atoms with E-state index in [4.69, 9.17) is 0 Å². The molecule has 0 saturated heterocycles. The van der Waals surface area contributed by atoms with Crippen LogP contribution in [0, 0.1) is 10.1 Å². The van der Waals surface area contributed by atoms with Crippen molar-refractivity contribution >= 4 is 27.3 Å². The van der Waals surface area contributed by atoms with Gasteiger partial charge in [0.1, 0.15) is 5.69 Å². The molecule has 0 unspecified atom stereocenters. The average Bonchev–Trinajstić information content (AvgIpc) is 2.38. The molecule has 0 atom stereocenters. The van der Waals surface area contributed by atoms with Gasteiger partial charge in [0, 0.05) is 16.7 Å². The SMILES string of the molecule is O=[N+]([O-])c1cc(Br)ccc1NCc1ccccn1. The highest BCUT2D eigenvalue weighted by Gasteiger charge is 2.13. The van der Waals surface area contributed by atoms with Crippen molar-refractivity contribution in [3.8, 4) is 0 Å². The number of nitro groups is 1. The lowest BCUT2D eigenvalue weighted by Crippen LogP contribution is -2.03. The quantitative estimate of drug-likeness (QED) is 0.694. The van der Waals surface area contributed by atoms with E-state index in [2.05, 4.69) is 26.2 Å². The topological polar surface area (TPSA) is 68.1 Å². The molecule has 92 valence electrons. The van der Waals surface area contributed by atoms with Crippen LogP contribution >= 0.6 is 15.9 Å². The van der Waals surface area contributed by atoms with Gasteiger partial charge in [0.25, 0.3) is 5.69 Å². The molecule has 1 N–H and O–H groups in total. The maximum Gasteiger partial charge on any atom is 0.293 e. The van der Waals surface area contributed by atoms with Crippen molar-refractivity contribution in [3.05, 3.63) is 62.9 Å². The van der Waals surface area contributed by atoms with Gasteiger partial charge >= 0.3 is 0 Å². The number of aromatic nitrogens is 1. The third-order valence-corrected chi connectivity index (χ3v) is 2.84. The lowest BCUT2D eigenvalue weighted by atomic mass is 10.2. The Balaban J connectivity index is 2.17. The van der Waals surface area contributed by atoms with Crippen molar-refractivity contribution in [1.82, 2.24) is 4.98 Å². The first kappa shape index (κ1) is 12.5. The summed E-state index contributed by atoms with van der Waals surface area (Å²) in [5.41, 5.74) is 1.35. The number of hydrogen-bond donors (Lipinski definition) is 1. The summed E-state index contributed by atoms with van der Waals surface area (Å²) < 4.78 is 0.678. The Kier molecular flexibility index (Phi) is 3.88. The minimum absolute atomic E-state index is 0.0420. The first-order chi connectivity index (χ1) is 8.66. The zero-order chi connectivity index (χ0) is 13.0. The molecule has 1 heterocycles. The molecule has 0 aliphatic rings. The lowest BCUT2D eigenvalue weighted by Gasteiger charge is -2.06. The Labute approximate surface area is 112 Å². The zero-order valence-electron chi connectivity index (χ0n) is 9.34. The highest BCUT2D eigenvalue weighted by atomic mass is 79.9. The zero-order valence-corrected chi connectivity index (χ0v) is 10.9. The minimum Gasteiger partial charge on any atom is -0.374 e. The second-order valence-electron chi connectivity index (χ2n) is 3.59. The standard InChI is InChI=1S/C12H10BrN3O2/c13-9-4-5-11(12(7-9)16(17)18)15-8-10-3-1-2-6-14-10/h1-7,15H,8H2. The molecule has 18 heavy (non-hydrogen) atoms. The number of nitro benzene ring substituents is 1. The van der Waals surface area contributed by atoms with Gasteiger partial charge in [-0.3, -0.25) is 15.1 Å². The molecule has 0 amide bonds. The Hall–Kier alpha value is -1.95. The van der Waals surface area contributed by atoms with Crippen molar-refractivity contribution in [2.45, 2.75) is 6.54 Å². The van der Waals surface area contributed by atoms with Crippen LogP contribution in [0.3, 0.4) is 0 Å². The molecule has 0 spiro atoms. The average molecular weight is 308 g/mol. The van der Waals surface area contributed by atoms with E-state index in [1.807, 2.05) is 18.2 Å². The number of nitrogens with zero attached hydrogens (tertiary/aromatic N) is 2. The monoisotopic (exact) mass is 307 g/mol. The second kappa shape index (κ2) is 5.59. The van der Waals surface area contributed by atoms with Crippen LogP contribution in [0.2, 0.25) is 0 Å². The highest BCUT2D eigenvalue weighted by Crippen LogP contribution is 2.28. The van der Waals surface area contributed by atoms with Crippen LogP contribution in [0.4, 0.5) is 11.4 Å². The first-order valence-corrected chi connectivity index (χ1v) is 6.04. The van der Waals surface area contributed by atoms with E-state index in [-0.39, 0.29) is 5.69 Å². The second-order valence-corrected chi connectivity index (χ2v) is 4.51. The number of anilines is 1. The van der Waals surface area contributed by atoms with Gasteiger partial charge in [-0.05, 0) is 24.3 Å². The van der Waals surface area contributed by atoms with Gasteiger partial charge in [-0.15, -0.1) is 0 Å². The van der Waals surface area contributed by atoms with Gasteiger partial charge in [-0.1, -0.05) is 22.0 Å². The maximum absolute atomic E-state index is 10.9. The van der Waals surface area contributed by atoms with E-state index in [9.17, 15) is 10.1 Å². The molecular formula is C12H10BrN3O2. The van der Waals surface area contributed by atoms with E-state index < -0.39 is 4.92 Å². The number of nitrogens with one attached hydrogen (secondary N) is 1. The molecular weight excluding hydrogens is 298 g/mol. The summed E-state index contributed by atoms with van der Waals surface area (Å²) in [7, 11) is 0. The van der Waals surface area contributed by atoms with Crippen molar-refractivity contribution in [1.29, 1.82) is 0 Å². The molecule has 1 aromatic heterocycles. The van der Waals surface area contributed by atoms with Crippen molar-refractivity contribution < 1.29 is 4.92 Å². The van der Waals surface area contributed by atoms with Gasteiger partial charge in [0.05, 0.1) is 17.2 Å². The molecule has 6 heteroatoms. The highest BCUT2D eigenvalue weighted by molar-refractivity contribution is 9.10. The molecule has 0 aliphatic heterocycles. The number of benzene rings is 1. The molecule has 0 bridgehead atoms. The van der Waals surface area contributed by atoms with Crippen LogP contribution in [0.15, 0.2) is 47.1 Å². The van der Waals surface area contributed by atoms with Crippen LogP contribution in [-0.4, -0.2) is 9.91 Å². The third-order valence-electron chi connectivity index (χ3n) is 2.34. The van der Waals surface area contributed by atoms with Crippen molar-refractivity contribution in [3.63, 3.8) is 0 Å². The fraction of sp³-hybridized carbons (Fsp3) is 0.0833. The summed E-state index contributed by atoms with van der Waals surface area (Å²) >= 11 is 3.22. The normalized spacial score (nSPS) is 10.1. The van der Waals surface area contributed by atoms with Crippen LogP contribution in [0.1, 0.15) is 5.69 Å². The number of halogens is 1. The van der Waals surface area contributed by atoms with Gasteiger partial charge in [-0.25, -0.2) is 0 Å². The van der Waals surface area contributed by atoms with E-state index >= 15 is 0 Å². The van der Waals surface area contributed by atoms with Gasteiger partial charge in [0.2, 0.25) is 0 Å². The Morgan fingerprint density at radius 2 is 2.17 bits per heavy atom. The predicted octanol–water partition coefficient (Wildman–Crippen LogP) is 3.36. The maximum atomic E-state index is 10.9. The summed E-state index contributed by atoms with van der Waals surface area (Å²) in [5.74, 6) is 0. The Morgan fingerprint density at radius 3 is 2.83 bits per heavy atom. The van der Waals surface area contributed by atoms with Crippen molar-refractivity contribution in [2.24, 2.45) is 0 Å². The lowest BCUT2D eigenvalue weighted by molar-refractivity contribution is -0.384. The smallest absolute Gasteiger partial charge is 0.293 e. The molecule has 5 nitrogen and oxygen atoms in total. The van der Waals surface area contributed by atoms with Crippen LogP contribution in [0.5, 0.6) is 0 Å². The molecule has 0 fully saturated rings. The summed E-state index contributed by atoms with van der Waals surface area (Å²) in [4.78, 5) is 14.6. The fourth-order valence-electron chi connectivity index (χ4n) is 1.49. The van der Waals surface area contributed by atoms with Crippen molar-refractivity contribution in [2.75, 3.05) is 5.32 Å². The molecule has 2 aromatic rings. The fourth-order valence-corrected chi connectivity index (χ4v) is 1.84. The van der Waals surface area contributed by atoms with Gasteiger partial charge in [0.15, 0.2) is 0 Å². The molecule has 0 saturated carbocycles. The number of hydrogen-bond acceptors (Lipinski definition) is 4. The molecule has 1 aromatic carbocycles. The first-order valence-electron chi connectivity index (χ1n) is 5.24. The number of pyridine rings is 1. The Morgan fingerprint density at radius 1 is 1.33 bits per heavy atom. The summed E-state index contributed by atoms with van der Waals surface area (Å²) in [6.07, 6.45) is 1.69. The van der Waals surface area contributed by atoms with Gasteiger partial charge < -0.3 is 5.32 Å². The Bertz CT molecular complexity index is 561. The van der Waals surface area contributed by atoms with E-state index in [0.717, 1.165) is 5.69 Å². The summed E-state index contributed by atoms with van der Waals surface area (Å²) in [6, 6.07) is 10.5. The molecule has 0 aliphatic carbocycles. The molecule has 0 radical (unpaired) electrons. The third kappa shape index (κ3) is 3.04. The van der Waals surface area contributed by atoms with Crippen LogP contribution in [0.25, 0.3) is 0 Å². The number of rotatable bonds is 4. The van der Waals surface area contributed by atoms with E-state index in [1.165, 1.54) is 6.07 Å². The largest absolute Gasteiger partial charge is 0.374 e.